The third kappa shape index (κ3) is 2.01. The molecule has 0 radical (unpaired) electrons. The second kappa shape index (κ2) is 6.13. The van der Waals surface area contributed by atoms with Gasteiger partial charge in [-0.25, -0.2) is 4.98 Å². The lowest BCUT2D eigenvalue weighted by Gasteiger charge is -2.81. The van der Waals surface area contributed by atoms with Gasteiger partial charge < -0.3 is 21.3 Å². The molecule has 7 nitrogen and oxygen atoms in total. The highest BCUT2D eigenvalue weighted by Crippen LogP contribution is 2.83. The summed E-state index contributed by atoms with van der Waals surface area (Å²) in [6, 6.07) is 0. The number of Topliss-reactive ketones (excluding diaryl/α,β-unsaturated/α-hetero) is 1. The summed E-state index contributed by atoms with van der Waals surface area (Å²) in [6.07, 6.45) is 2.90. The minimum absolute atomic E-state index is 0.0113. The molecule has 5 aliphatic rings. The summed E-state index contributed by atoms with van der Waals surface area (Å²) in [5.41, 5.74) is 11.5. The monoisotopic (exact) mass is 458 g/mol. The van der Waals surface area contributed by atoms with E-state index < -0.39 is 11.2 Å². The van der Waals surface area contributed by atoms with E-state index in [4.69, 9.17) is 21.2 Å². The molecule has 0 amide bonds. The average molecular weight is 459 g/mol. The molecule has 174 valence electrons. The third-order valence-corrected chi connectivity index (χ3v) is 11.5. The Morgan fingerprint density at radius 1 is 1.25 bits per heavy atom. The Morgan fingerprint density at radius 3 is 2.59 bits per heavy atom. The van der Waals surface area contributed by atoms with Gasteiger partial charge in [0.05, 0.1) is 11.1 Å². The zero-order valence-corrected chi connectivity index (χ0v) is 20.3. The van der Waals surface area contributed by atoms with Crippen molar-refractivity contribution in [2.45, 2.75) is 58.7 Å². The zero-order chi connectivity index (χ0) is 23.0. The minimum atomic E-state index is -1.43. The first kappa shape index (κ1) is 21.1. The fourth-order valence-corrected chi connectivity index (χ4v) is 10.7. The number of hydrogen-bond donors (Lipinski definition) is 3. The van der Waals surface area contributed by atoms with Gasteiger partial charge in [0, 0.05) is 29.7 Å². The van der Waals surface area contributed by atoms with Crippen molar-refractivity contribution in [3.63, 3.8) is 0 Å². The van der Waals surface area contributed by atoms with Crippen LogP contribution in [0.25, 0.3) is 0 Å². The van der Waals surface area contributed by atoms with Crippen LogP contribution in [0.3, 0.4) is 0 Å². The summed E-state index contributed by atoms with van der Waals surface area (Å²) in [4.78, 5) is 24.4. The summed E-state index contributed by atoms with van der Waals surface area (Å²) >= 11 is 1.56. The number of rotatable bonds is 2. The first-order valence-electron chi connectivity index (χ1n) is 11.9. The summed E-state index contributed by atoms with van der Waals surface area (Å²) in [6.45, 7) is 8.81. The van der Waals surface area contributed by atoms with E-state index in [0.717, 1.165) is 25.0 Å². The van der Waals surface area contributed by atoms with Crippen LogP contribution in [0.1, 0.15) is 57.0 Å². The first-order chi connectivity index (χ1) is 15.0. The van der Waals surface area contributed by atoms with Crippen molar-refractivity contribution in [2.75, 3.05) is 7.11 Å². The molecule has 5 aliphatic carbocycles. The number of aliphatic hydroxyl groups is 1. The van der Waals surface area contributed by atoms with Gasteiger partial charge in [-0.05, 0) is 54.3 Å². The molecule has 10 unspecified atom stereocenters. The molecule has 8 heteroatoms. The van der Waals surface area contributed by atoms with Gasteiger partial charge in [-0.1, -0.05) is 39.0 Å². The van der Waals surface area contributed by atoms with E-state index in [9.17, 15) is 9.90 Å². The highest BCUT2D eigenvalue weighted by molar-refractivity contribution is 7.15. The largest absolute Gasteiger partial charge is 0.370 e. The van der Waals surface area contributed by atoms with Crippen molar-refractivity contribution in [1.29, 1.82) is 0 Å². The molecule has 6 rings (SSSR count). The van der Waals surface area contributed by atoms with Gasteiger partial charge in [0.1, 0.15) is 5.78 Å². The SMILES string of the molecule is COC1(O)C(C)C2C(C)Cc3sc(N=C(N)N)nc3C2C2CCC3C4C(C(=O)C241)C3(C)C. The second-order valence-corrected chi connectivity index (χ2v) is 12.7. The molecule has 0 aliphatic heterocycles. The van der Waals surface area contributed by atoms with E-state index >= 15 is 0 Å². The van der Waals surface area contributed by atoms with Crippen LogP contribution in [0.4, 0.5) is 5.13 Å². The van der Waals surface area contributed by atoms with Gasteiger partial charge in [0.15, 0.2) is 11.7 Å². The van der Waals surface area contributed by atoms with E-state index in [1.165, 1.54) is 4.88 Å². The molecule has 1 aromatic heterocycles. The van der Waals surface area contributed by atoms with Crippen molar-refractivity contribution in [3.8, 4) is 0 Å². The Labute approximate surface area is 193 Å². The molecule has 1 aromatic rings. The summed E-state index contributed by atoms with van der Waals surface area (Å²) in [5.74, 6) is 0.0127. The Kier molecular flexibility index (Phi) is 4.03. The third-order valence-electron chi connectivity index (χ3n) is 10.5. The summed E-state index contributed by atoms with van der Waals surface area (Å²) in [7, 11) is 1.59. The summed E-state index contributed by atoms with van der Waals surface area (Å²) < 4.78 is 6.00. The number of ether oxygens (including phenoxy) is 1. The van der Waals surface area contributed by atoms with Crippen molar-refractivity contribution < 1.29 is 14.6 Å². The number of methoxy groups -OCH3 is 1. The average Bonchev–Trinajstić information content (AvgIpc) is 3.10. The molecule has 10 atom stereocenters. The van der Waals surface area contributed by atoms with Gasteiger partial charge in [-0.3, -0.25) is 4.79 Å². The number of fused-ring (bicyclic) bond motifs is 4. The molecule has 1 spiro atoms. The quantitative estimate of drug-likeness (QED) is 0.356. The van der Waals surface area contributed by atoms with Crippen molar-refractivity contribution >= 4 is 28.2 Å². The van der Waals surface area contributed by atoms with E-state index in [0.29, 0.717) is 17.0 Å². The first-order valence-corrected chi connectivity index (χ1v) is 12.7. The zero-order valence-electron chi connectivity index (χ0n) is 19.5. The Morgan fingerprint density at radius 2 is 1.94 bits per heavy atom. The maximum Gasteiger partial charge on any atom is 0.212 e. The maximum atomic E-state index is 14.0. The Bertz CT molecular complexity index is 1050. The lowest BCUT2D eigenvalue weighted by atomic mass is 9.22. The molecule has 32 heavy (non-hydrogen) atoms. The predicted octanol–water partition coefficient (Wildman–Crippen LogP) is 2.79. The number of aliphatic imine (C=N–C) groups is 1. The minimum Gasteiger partial charge on any atom is -0.370 e. The number of nitrogens with zero attached hydrogens (tertiary/aromatic N) is 2. The predicted molar refractivity (Wildman–Crippen MR) is 122 cm³/mol. The molecular formula is C24H34N4O3S. The molecule has 0 bridgehead atoms. The fourth-order valence-electron chi connectivity index (χ4n) is 9.52. The molecule has 4 saturated carbocycles. The highest BCUT2D eigenvalue weighted by atomic mass is 32.1. The number of nitrogens with two attached hydrogens (primary N) is 2. The lowest BCUT2D eigenvalue weighted by Crippen LogP contribution is -2.87. The van der Waals surface area contributed by atoms with Gasteiger partial charge in [0.25, 0.3) is 0 Å². The molecule has 1 heterocycles. The Hall–Kier alpha value is -1.51. The molecule has 0 aromatic carbocycles. The van der Waals surface area contributed by atoms with Gasteiger partial charge in [0.2, 0.25) is 5.13 Å². The summed E-state index contributed by atoms with van der Waals surface area (Å²) in [5, 5.41) is 12.8. The van der Waals surface area contributed by atoms with E-state index in [1.54, 1.807) is 18.4 Å². The number of ketones is 1. The molecular weight excluding hydrogens is 424 g/mol. The van der Waals surface area contributed by atoms with Gasteiger partial charge in [-0.15, -0.1) is 0 Å². The van der Waals surface area contributed by atoms with Crippen LogP contribution in [0.2, 0.25) is 0 Å². The topological polar surface area (TPSA) is 124 Å². The van der Waals surface area contributed by atoms with Gasteiger partial charge in [-0.2, -0.15) is 4.99 Å². The van der Waals surface area contributed by atoms with Crippen LogP contribution in [-0.2, 0) is 16.0 Å². The van der Waals surface area contributed by atoms with Crippen LogP contribution >= 0.6 is 11.3 Å². The lowest BCUT2D eigenvalue weighted by molar-refractivity contribution is -0.401. The van der Waals surface area contributed by atoms with E-state index in [-0.39, 0.29) is 52.7 Å². The fraction of sp³-hybridized carbons (Fsp3) is 0.792. The number of guanidine groups is 1. The van der Waals surface area contributed by atoms with Crippen LogP contribution in [0, 0.1) is 52.3 Å². The molecule has 4 fully saturated rings. The van der Waals surface area contributed by atoms with Crippen molar-refractivity contribution in [2.24, 2.45) is 68.7 Å². The van der Waals surface area contributed by atoms with Gasteiger partial charge >= 0.3 is 0 Å². The second-order valence-electron chi connectivity index (χ2n) is 11.7. The number of aromatic nitrogens is 1. The van der Waals surface area contributed by atoms with Crippen LogP contribution in [-0.4, -0.2) is 34.7 Å². The van der Waals surface area contributed by atoms with Crippen LogP contribution < -0.4 is 11.5 Å². The van der Waals surface area contributed by atoms with E-state index in [2.05, 4.69) is 32.7 Å². The van der Waals surface area contributed by atoms with Crippen molar-refractivity contribution in [3.05, 3.63) is 10.6 Å². The smallest absolute Gasteiger partial charge is 0.212 e. The number of carbonyl (C=O) groups excluding carboxylic acids is 1. The van der Waals surface area contributed by atoms with Crippen LogP contribution in [0.5, 0.6) is 0 Å². The molecule has 5 N–H and O–H groups in total. The van der Waals surface area contributed by atoms with Crippen LogP contribution in [0.15, 0.2) is 4.99 Å². The van der Waals surface area contributed by atoms with E-state index in [1.807, 2.05) is 0 Å². The number of thiazole rings is 1. The number of hydrogen-bond acceptors (Lipinski definition) is 6. The normalized spacial score (nSPS) is 49.5. The Balaban J connectivity index is 1.54. The van der Waals surface area contributed by atoms with Crippen molar-refractivity contribution in [1.82, 2.24) is 4.98 Å². The maximum absolute atomic E-state index is 14.0. The standard InChI is InChI=1S/C24H34N4O3S/c1-9-8-13-18(27-21(32-13)28-20(25)26)15-11-6-7-12-16-17(22(12,3)4)19(29)23(11,16)24(30,31-5)10(2)14(9)15/h9-12,14-17,30H,6-8H2,1-5H3,(H4,25,26,27,28). The molecule has 0 saturated heterocycles. The number of carbonyl (C=O) groups is 1. The highest BCUT2D eigenvalue weighted by Gasteiger charge is 2.88.